The fourth-order valence-electron chi connectivity index (χ4n) is 1.00. The van der Waals surface area contributed by atoms with Gasteiger partial charge in [-0.25, -0.2) is 4.79 Å². The van der Waals surface area contributed by atoms with Gasteiger partial charge in [-0.05, 0) is 30.2 Å². The van der Waals surface area contributed by atoms with Gasteiger partial charge in [0.15, 0.2) is 0 Å². The smallest absolute Gasteiger partial charge is 0.330 e. The quantitative estimate of drug-likeness (QED) is 0.600. The van der Waals surface area contributed by atoms with Crippen LogP contribution < -0.4 is 0 Å². The molecular weight excluding hydrogens is 244 g/mol. The van der Waals surface area contributed by atoms with Crippen LogP contribution in [0.4, 0.5) is 0 Å². The van der Waals surface area contributed by atoms with Crippen molar-refractivity contribution in [2.24, 2.45) is 0 Å². The molecule has 0 bridgehead atoms. The summed E-state index contributed by atoms with van der Waals surface area (Å²) in [6.07, 6.45) is 3.13. The van der Waals surface area contributed by atoms with E-state index in [1.165, 1.54) is 13.2 Å². The number of rotatable bonds is 2. The highest BCUT2D eigenvalue weighted by Gasteiger charge is 1.95. The number of carbonyl (C=O) groups excluding carboxylic acids is 1. The zero-order chi connectivity index (χ0) is 10.6. The van der Waals surface area contributed by atoms with E-state index >= 15 is 0 Å². The lowest BCUT2D eigenvalue weighted by molar-refractivity contribution is -0.134. The second kappa shape index (κ2) is 4.96. The van der Waals surface area contributed by atoms with Crippen molar-refractivity contribution in [1.29, 1.82) is 0 Å². The molecule has 0 aliphatic heterocycles. The van der Waals surface area contributed by atoms with Gasteiger partial charge in [0.1, 0.15) is 0 Å². The van der Waals surface area contributed by atoms with Gasteiger partial charge < -0.3 is 4.74 Å². The molecule has 0 N–H and O–H groups in total. The molecule has 0 aliphatic carbocycles. The lowest BCUT2D eigenvalue weighted by atomic mass is 10.1. The van der Waals surface area contributed by atoms with Gasteiger partial charge in [-0.2, -0.15) is 0 Å². The zero-order valence-electron chi connectivity index (χ0n) is 8.08. The monoisotopic (exact) mass is 254 g/mol. The Morgan fingerprint density at radius 1 is 1.50 bits per heavy atom. The number of aryl methyl sites for hydroxylation is 1. The SMILES string of the molecule is COC(=O)C=Cc1ccc(Br)c(C)c1. The minimum Gasteiger partial charge on any atom is -0.466 e. The van der Waals surface area contributed by atoms with E-state index in [-0.39, 0.29) is 5.97 Å². The highest BCUT2D eigenvalue weighted by atomic mass is 79.9. The summed E-state index contributed by atoms with van der Waals surface area (Å²) in [5, 5.41) is 0. The van der Waals surface area contributed by atoms with Gasteiger partial charge in [-0.15, -0.1) is 0 Å². The van der Waals surface area contributed by atoms with Gasteiger partial charge in [0.2, 0.25) is 0 Å². The summed E-state index contributed by atoms with van der Waals surface area (Å²) in [5.74, 6) is -0.342. The van der Waals surface area contributed by atoms with Crippen molar-refractivity contribution in [2.75, 3.05) is 7.11 Å². The number of benzene rings is 1. The maximum atomic E-state index is 10.8. The van der Waals surface area contributed by atoms with Gasteiger partial charge in [0, 0.05) is 10.5 Å². The van der Waals surface area contributed by atoms with Crippen molar-refractivity contribution >= 4 is 28.0 Å². The maximum absolute atomic E-state index is 10.8. The molecule has 1 rings (SSSR count). The molecular formula is C11H11BrO2. The first-order valence-corrected chi connectivity index (χ1v) is 4.95. The first kappa shape index (κ1) is 11.0. The molecule has 0 radical (unpaired) electrons. The fraction of sp³-hybridized carbons (Fsp3) is 0.182. The molecule has 1 aromatic rings. The van der Waals surface area contributed by atoms with Crippen LogP contribution in [-0.4, -0.2) is 13.1 Å². The van der Waals surface area contributed by atoms with E-state index in [9.17, 15) is 4.79 Å². The molecule has 1 aromatic carbocycles. The Morgan fingerprint density at radius 3 is 2.79 bits per heavy atom. The number of carbonyl (C=O) groups is 1. The second-order valence-electron chi connectivity index (χ2n) is 2.87. The van der Waals surface area contributed by atoms with Crippen LogP contribution in [0.2, 0.25) is 0 Å². The summed E-state index contributed by atoms with van der Waals surface area (Å²) < 4.78 is 5.55. The molecule has 0 aliphatic rings. The third-order valence-electron chi connectivity index (χ3n) is 1.80. The van der Waals surface area contributed by atoms with Crippen LogP contribution in [-0.2, 0) is 9.53 Å². The van der Waals surface area contributed by atoms with E-state index in [1.807, 2.05) is 25.1 Å². The topological polar surface area (TPSA) is 26.3 Å². The van der Waals surface area contributed by atoms with E-state index in [0.717, 1.165) is 15.6 Å². The maximum Gasteiger partial charge on any atom is 0.330 e. The van der Waals surface area contributed by atoms with Crippen LogP contribution in [0.5, 0.6) is 0 Å². The standard InChI is InChI=1S/C11H11BrO2/c1-8-7-9(3-5-10(8)12)4-6-11(13)14-2/h3-7H,1-2H3. The normalized spacial score (nSPS) is 10.5. The molecule has 0 heterocycles. The summed E-state index contributed by atoms with van der Waals surface area (Å²) in [4.78, 5) is 10.8. The highest BCUT2D eigenvalue weighted by Crippen LogP contribution is 2.17. The number of ether oxygens (including phenoxy) is 1. The molecule has 14 heavy (non-hydrogen) atoms. The van der Waals surface area contributed by atoms with Crippen molar-refractivity contribution in [2.45, 2.75) is 6.92 Å². The molecule has 0 saturated heterocycles. The fourth-order valence-corrected chi connectivity index (χ4v) is 1.25. The van der Waals surface area contributed by atoms with Crippen molar-refractivity contribution in [3.8, 4) is 0 Å². The lowest BCUT2D eigenvalue weighted by Gasteiger charge is -1.98. The van der Waals surface area contributed by atoms with Gasteiger partial charge >= 0.3 is 5.97 Å². The summed E-state index contributed by atoms with van der Waals surface area (Å²) in [7, 11) is 1.36. The third kappa shape index (κ3) is 3.00. The van der Waals surface area contributed by atoms with Crippen molar-refractivity contribution in [3.05, 3.63) is 39.9 Å². The molecule has 0 spiro atoms. The largest absolute Gasteiger partial charge is 0.466 e. The van der Waals surface area contributed by atoms with Crippen LogP contribution in [0.1, 0.15) is 11.1 Å². The Kier molecular flexibility index (Phi) is 3.89. The van der Waals surface area contributed by atoms with Gasteiger partial charge in [0.25, 0.3) is 0 Å². The predicted molar refractivity (Wildman–Crippen MR) is 59.9 cm³/mol. The lowest BCUT2D eigenvalue weighted by Crippen LogP contribution is -1.93. The van der Waals surface area contributed by atoms with Crippen molar-refractivity contribution in [1.82, 2.24) is 0 Å². The second-order valence-corrected chi connectivity index (χ2v) is 3.72. The molecule has 0 amide bonds. The van der Waals surface area contributed by atoms with Crippen LogP contribution in [0.15, 0.2) is 28.7 Å². The Bertz CT molecular complexity index is 370. The van der Waals surface area contributed by atoms with Gasteiger partial charge in [0.05, 0.1) is 7.11 Å². The number of esters is 1. The van der Waals surface area contributed by atoms with Gasteiger partial charge in [-0.3, -0.25) is 0 Å². The predicted octanol–water partition coefficient (Wildman–Crippen LogP) is 2.94. The van der Waals surface area contributed by atoms with Crippen LogP contribution >= 0.6 is 15.9 Å². The molecule has 0 aromatic heterocycles. The van der Waals surface area contributed by atoms with E-state index in [0.29, 0.717) is 0 Å². The van der Waals surface area contributed by atoms with Gasteiger partial charge in [-0.1, -0.05) is 28.1 Å². The minimum atomic E-state index is -0.342. The van der Waals surface area contributed by atoms with E-state index in [4.69, 9.17) is 0 Å². The number of hydrogen-bond acceptors (Lipinski definition) is 2. The van der Waals surface area contributed by atoms with Crippen LogP contribution in [0, 0.1) is 6.92 Å². The molecule has 0 atom stereocenters. The van der Waals surface area contributed by atoms with E-state index < -0.39 is 0 Å². The third-order valence-corrected chi connectivity index (χ3v) is 2.68. The Balaban J connectivity index is 2.83. The average Bonchev–Trinajstić information content (AvgIpc) is 2.19. The van der Waals surface area contributed by atoms with Crippen molar-refractivity contribution in [3.63, 3.8) is 0 Å². The summed E-state index contributed by atoms with van der Waals surface area (Å²) in [6.45, 7) is 2.00. The van der Waals surface area contributed by atoms with E-state index in [2.05, 4.69) is 20.7 Å². The Morgan fingerprint density at radius 2 is 2.21 bits per heavy atom. The molecule has 0 unspecified atom stereocenters. The summed E-state index contributed by atoms with van der Waals surface area (Å²) >= 11 is 3.41. The summed E-state index contributed by atoms with van der Waals surface area (Å²) in [5.41, 5.74) is 2.12. The summed E-state index contributed by atoms with van der Waals surface area (Å²) in [6, 6.07) is 5.87. The molecule has 0 fully saturated rings. The minimum absolute atomic E-state index is 0.342. The first-order chi connectivity index (χ1) is 6.63. The Hall–Kier alpha value is -1.09. The number of hydrogen-bond donors (Lipinski definition) is 0. The van der Waals surface area contributed by atoms with E-state index in [1.54, 1.807) is 6.08 Å². The molecule has 3 heteroatoms. The Labute approximate surface area is 91.7 Å². The highest BCUT2D eigenvalue weighted by molar-refractivity contribution is 9.10. The van der Waals surface area contributed by atoms with Crippen molar-refractivity contribution < 1.29 is 9.53 Å². The zero-order valence-corrected chi connectivity index (χ0v) is 9.67. The average molecular weight is 255 g/mol. The van der Waals surface area contributed by atoms with Crippen LogP contribution in [0.3, 0.4) is 0 Å². The van der Waals surface area contributed by atoms with Crippen LogP contribution in [0.25, 0.3) is 6.08 Å². The molecule has 74 valence electrons. The molecule has 0 saturated carbocycles. The molecule has 2 nitrogen and oxygen atoms in total. The number of halogens is 1. The number of methoxy groups -OCH3 is 1. The first-order valence-electron chi connectivity index (χ1n) is 4.15.